The first-order chi connectivity index (χ1) is 9.17. The summed E-state index contributed by atoms with van der Waals surface area (Å²) in [5.41, 5.74) is -0.00709. The molecule has 1 fully saturated rings. The highest BCUT2D eigenvalue weighted by molar-refractivity contribution is 5.38. The van der Waals surface area contributed by atoms with Crippen molar-refractivity contribution in [3.05, 3.63) is 35.4 Å². The Morgan fingerprint density at radius 2 is 1.68 bits per heavy atom. The van der Waals surface area contributed by atoms with Gasteiger partial charge in [0.05, 0.1) is 29.9 Å². The summed E-state index contributed by atoms with van der Waals surface area (Å²) in [6, 6.07) is 13.0. The van der Waals surface area contributed by atoms with E-state index in [1.54, 1.807) is 24.3 Å². The van der Waals surface area contributed by atoms with E-state index < -0.39 is 11.5 Å². The Labute approximate surface area is 112 Å². The minimum Gasteiger partial charge on any atom is -0.390 e. The van der Waals surface area contributed by atoms with E-state index >= 15 is 0 Å². The van der Waals surface area contributed by atoms with Crippen LogP contribution in [0.2, 0.25) is 0 Å². The Kier molecular flexibility index (Phi) is 3.52. The van der Waals surface area contributed by atoms with Crippen LogP contribution < -0.4 is 0 Å². The van der Waals surface area contributed by atoms with Gasteiger partial charge in [0.25, 0.3) is 0 Å². The third kappa shape index (κ3) is 2.06. The second kappa shape index (κ2) is 5.11. The first kappa shape index (κ1) is 13.1. The molecule has 1 aliphatic carbocycles. The van der Waals surface area contributed by atoms with Gasteiger partial charge >= 0.3 is 0 Å². The molecule has 0 aromatic heterocycles. The quantitative estimate of drug-likeness (QED) is 0.828. The lowest BCUT2D eigenvalue weighted by atomic mass is 9.63. The Morgan fingerprint density at radius 1 is 1.05 bits per heavy atom. The Morgan fingerprint density at radius 3 is 2.21 bits per heavy atom. The molecule has 1 saturated carbocycles. The van der Waals surface area contributed by atoms with Crippen LogP contribution in [0.3, 0.4) is 0 Å². The molecule has 2 atom stereocenters. The molecular formula is C15H13N3O. The molecule has 4 heteroatoms. The number of rotatable bonds is 1. The fraction of sp³-hybridized carbons (Fsp3) is 0.400. The largest absolute Gasteiger partial charge is 0.390 e. The van der Waals surface area contributed by atoms with E-state index in [0.29, 0.717) is 18.4 Å². The lowest BCUT2D eigenvalue weighted by molar-refractivity contribution is 0.0442. The zero-order chi connectivity index (χ0) is 13.9. The van der Waals surface area contributed by atoms with Crippen molar-refractivity contribution in [2.24, 2.45) is 5.41 Å². The Bertz CT molecular complexity index is 572. The van der Waals surface area contributed by atoms with Gasteiger partial charge in [0.2, 0.25) is 0 Å². The molecule has 1 aromatic rings. The van der Waals surface area contributed by atoms with E-state index in [0.717, 1.165) is 12.0 Å². The van der Waals surface area contributed by atoms with E-state index in [1.165, 1.54) is 0 Å². The maximum Gasteiger partial charge on any atom is 0.176 e. The van der Waals surface area contributed by atoms with Crippen LogP contribution in [-0.2, 0) is 0 Å². The summed E-state index contributed by atoms with van der Waals surface area (Å²) in [7, 11) is 0. The van der Waals surface area contributed by atoms with Crippen LogP contribution in [0.5, 0.6) is 0 Å². The molecule has 0 aliphatic heterocycles. The van der Waals surface area contributed by atoms with Gasteiger partial charge in [-0.3, -0.25) is 0 Å². The molecule has 0 spiro atoms. The number of aliphatic hydroxyl groups excluding tert-OH is 1. The molecule has 0 saturated heterocycles. The summed E-state index contributed by atoms with van der Waals surface area (Å²) in [5.74, 6) is -0.306. The Balaban J connectivity index is 2.44. The predicted octanol–water partition coefficient (Wildman–Crippen LogP) is 2.22. The lowest BCUT2D eigenvalue weighted by Crippen LogP contribution is -2.41. The standard InChI is InChI=1S/C15H13N3O/c16-8-11-4-6-12(7-5-11)13-2-1-3-14(19)15(13,9-17)10-18/h4-7,13-14,19H,1-3H2. The van der Waals surface area contributed by atoms with Gasteiger partial charge in [-0.25, -0.2) is 0 Å². The monoisotopic (exact) mass is 251 g/mol. The summed E-state index contributed by atoms with van der Waals surface area (Å²) >= 11 is 0. The lowest BCUT2D eigenvalue weighted by Gasteiger charge is -2.37. The number of nitrogens with zero attached hydrogens (tertiary/aromatic N) is 3. The van der Waals surface area contributed by atoms with Gasteiger partial charge in [-0.2, -0.15) is 15.8 Å². The molecule has 2 unspecified atom stereocenters. The first-order valence-electron chi connectivity index (χ1n) is 6.18. The molecule has 1 N–H and O–H groups in total. The molecule has 2 rings (SSSR count). The van der Waals surface area contributed by atoms with E-state index in [-0.39, 0.29) is 5.92 Å². The molecule has 4 nitrogen and oxygen atoms in total. The predicted molar refractivity (Wildman–Crippen MR) is 67.4 cm³/mol. The maximum atomic E-state index is 10.1. The Hall–Kier alpha value is -2.35. The van der Waals surface area contributed by atoms with Crippen LogP contribution >= 0.6 is 0 Å². The summed E-state index contributed by atoms with van der Waals surface area (Å²) in [5, 5.41) is 37.6. The van der Waals surface area contributed by atoms with Crippen molar-refractivity contribution in [1.29, 1.82) is 15.8 Å². The summed E-state index contributed by atoms with van der Waals surface area (Å²) in [6.45, 7) is 0. The van der Waals surface area contributed by atoms with Crippen molar-refractivity contribution >= 4 is 0 Å². The number of nitriles is 3. The zero-order valence-electron chi connectivity index (χ0n) is 10.4. The van der Waals surface area contributed by atoms with E-state index in [4.69, 9.17) is 5.26 Å². The smallest absolute Gasteiger partial charge is 0.176 e. The van der Waals surface area contributed by atoms with Gasteiger partial charge in [0, 0.05) is 5.92 Å². The van der Waals surface area contributed by atoms with Crippen LogP contribution in [-0.4, -0.2) is 11.2 Å². The minimum atomic E-state index is -1.38. The van der Waals surface area contributed by atoms with Gasteiger partial charge in [-0.1, -0.05) is 18.6 Å². The molecule has 0 amide bonds. The average molecular weight is 251 g/mol. The fourth-order valence-electron chi connectivity index (χ4n) is 2.75. The molecule has 1 aliphatic rings. The minimum absolute atomic E-state index is 0.306. The highest BCUT2D eigenvalue weighted by Gasteiger charge is 2.49. The number of hydrogen-bond donors (Lipinski definition) is 1. The van der Waals surface area contributed by atoms with E-state index in [1.807, 2.05) is 18.2 Å². The second-order valence-corrected chi connectivity index (χ2v) is 4.83. The summed E-state index contributed by atoms with van der Waals surface area (Å²) in [6.07, 6.45) is 1.05. The van der Waals surface area contributed by atoms with Gasteiger partial charge in [0.15, 0.2) is 5.41 Å². The van der Waals surface area contributed by atoms with Gasteiger partial charge < -0.3 is 5.11 Å². The van der Waals surface area contributed by atoms with Crippen LogP contribution in [0.1, 0.15) is 36.3 Å². The van der Waals surface area contributed by atoms with Gasteiger partial charge in [0.1, 0.15) is 0 Å². The van der Waals surface area contributed by atoms with Crippen LogP contribution in [0.25, 0.3) is 0 Å². The molecule has 0 bridgehead atoms. The van der Waals surface area contributed by atoms with Crippen molar-refractivity contribution in [2.75, 3.05) is 0 Å². The molecule has 1 aromatic carbocycles. The first-order valence-corrected chi connectivity index (χ1v) is 6.18. The van der Waals surface area contributed by atoms with Crippen molar-refractivity contribution in [3.8, 4) is 18.2 Å². The number of benzene rings is 1. The third-order valence-electron chi connectivity index (χ3n) is 3.86. The van der Waals surface area contributed by atoms with Crippen molar-refractivity contribution in [2.45, 2.75) is 31.3 Å². The zero-order valence-corrected chi connectivity index (χ0v) is 10.4. The fourth-order valence-corrected chi connectivity index (χ4v) is 2.75. The van der Waals surface area contributed by atoms with Crippen LogP contribution in [0, 0.1) is 39.4 Å². The summed E-state index contributed by atoms with van der Waals surface area (Å²) < 4.78 is 0. The van der Waals surface area contributed by atoms with Crippen molar-refractivity contribution in [3.63, 3.8) is 0 Å². The van der Waals surface area contributed by atoms with Crippen LogP contribution in [0.4, 0.5) is 0 Å². The third-order valence-corrected chi connectivity index (χ3v) is 3.86. The van der Waals surface area contributed by atoms with Gasteiger partial charge in [-0.15, -0.1) is 0 Å². The molecular weight excluding hydrogens is 238 g/mol. The molecule has 94 valence electrons. The highest BCUT2D eigenvalue weighted by atomic mass is 16.3. The second-order valence-electron chi connectivity index (χ2n) is 4.83. The molecule has 0 radical (unpaired) electrons. The SMILES string of the molecule is N#Cc1ccc(C2CCCC(O)C2(C#N)C#N)cc1. The normalized spacial score (nSPS) is 24.7. The van der Waals surface area contributed by atoms with Gasteiger partial charge in [-0.05, 0) is 30.5 Å². The maximum absolute atomic E-state index is 10.1. The topological polar surface area (TPSA) is 91.6 Å². The van der Waals surface area contributed by atoms with Crippen LogP contribution in [0.15, 0.2) is 24.3 Å². The van der Waals surface area contributed by atoms with Crippen molar-refractivity contribution < 1.29 is 5.11 Å². The summed E-state index contributed by atoms with van der Waals surface area (Å²) in [4.78, 5) is 0. The van der Waals surface area contributed by atoms with Crippen molar-refractivity contribution in [1.82, 2.24) is 0 Å². The van der Waals surface area contributed by atoms with E-state index in [9.17, 15) is 15.6 Å². The highest BCUT2D eigenvalue weighted by Crippen LogP contribution is 2.46. The number of hydrogen-bond acceptors (Lipinski definition) is 4. The number of aliphatic hydroxyl groups is 1. The molecule has 0 heterocycles. The van der Waals surface area contributed by atoms with E-state index in [2.05, 4.69) is 0 Å². The average Bonchev–Trinajstić information content (AvgIpc) is 2.47. The molecule has 19 heavy (non-hydrogen) atoms.